The highest BCUT2D eigenvalue weighted by Gasteiger charge is 2.13. The number of hydrogen-bond donors (Lipinski definition) is 0. The molecule has 1 amide bonds. The summed E-state index contributed by atoms with van der Waals surface area (Å²) in [5, 5.41) is 2.05. The molecule has 16 heavy (non-hydrogen) atoms. The Morgan fingerprint density at radius 1 is 1.12 bits per heavy atom. The number of hydrogen-bond acceptors (Lipinski definition) is 1. The SMILES string of the molecule is CN(C)C(=O)c1cccc2cccc(Br)c12. The summed E-state index contributed by atoms with van der Waals surface area (Å²) < 4.78 is 0.954. The molecule has 2 aromatic rings. The van der Waals surface area contributed by atoms with Crippen LogP contribution in [0.3, 0.4) is 0 Å². The minimum atomic E-state index is 0.0255. The Hall–Kier alpha value is -1.35. The normalized spacial score (nSPS) is 10.4. The first-order valence-corrected chi connectivity index (χ1v) is 5.79. The number of nitrogens with zero attached hydrogens (tertiary/aromatic N) is 1. The number of carbonyl (C=O) groups excluding carboxylic acids is 1. The highest BCUT2D eigenvalue weighted by atomic mass is 79.9. The van der Waals surface area contributed by atoms with Crippen LogP contribution in [0.1, 0.15) is 10.4 Å². The van der Waals surface area contributed by atoms with Crippen LogP contribution in [0.4, 0.5) is 0 Å². The van der Waals surface area contributed by atoms with Gasteiger partial charge in [0, 0.05) is 29.5 Å². The van der Waals surface area contributed by atoms with Crippen molar-refractivity contribution < 1.29 is 4.79 Å². The molecule has 0 aromatic heterocycles. The summed E-state index contributed by atoms with van der Waals surface area (Å²) in [6.45, 7) is 0. The molecule has 0 spiro atoms. The maximum atomic E-state index is 12.0. The molecular weight excluding hydrogens is 266 g/mol. The summed E-state index contributed by atoms with van der Waals surface area (Å²) in [6.07, 6.45) is 0. The fraction of sp³-hybridized carbons (Fsp3) is 0.154. The Labute approximate surface area is 103 Å². The van der Waals surface area contributed by atoms with Gasteiger partial charge in [0.25, 0.3) is 5.91 Å². The molecule has 0 radical (unpaired) electrons. The third-order valence-corrected chi connectivity index (χ3v) is 3.15. The molecule has 0 aliphatic rings. The molecule has 0 heterocycles. The van der Waals surface area contributed by atoms with Crippen LogP contribution < -0.4 is 0 Å². The smallest absolute Gasteiger partial charge is 0.254 e. The van der Waals surface area contributed by atoms with E-state index in [1.807, 2.05) is 36.4 Å². The zero-order valence-electron chi connectivity index (χ0n) is 9.20. The lowest BCUT2D eigenvalue weighted by molar-refractivity contribution is 0.0829. The average Bonchev–Trinajstić information content (AvgIpc) is 2.27. The summed E-state index contributed by atoms with van der Waals surface area (Å²) in [4.78, 5) is 13.6. The van der Waals surface area contributed by atoms with E-state index >= 15 is 0 Å². The summed E-state index contributed by atoms with van der Waals surface area (Å²) in [5.74, 6) is 0.0255. The van der Waals surface area contributed by atoms with Gasteiger partial charge in [-0.1, -0.05) is 40.2 Å². The standard InChI is InChI=1S/C13H12BrNO/c1-15(2)13(16)10-7-3-5-9-6-4-8-11(14)12(9)10/h3-8H,1-2H3. The Morgan fingerprint density at radius 2 is 1.75 bits per heavy atom. The van der Waals surface area contributed by atoms with Crippen molar-refractivity contribution in [3.8, 4) is 0 Å². The zero-order valence-corrected chi connectivity index (χ0v) is 10.8. The quantitative estimate of drug-likeness (QED) is 0.783. The van der Waals surface area contributed by atoms with Crippen LogP contribution in [-0.4, -0.2) is 24.9 Å². The van der Waals surface area contributed by atoms with Gasteiger partial charge in [-0.25, -0.2) is 0 Å². The average molecular weight is 278 g/mol. The van der Waals surface area contributed by atoms with Crippen molar-refractivity contribution in [2.75, 3.05) is 14.1 Å². The van der Waals surface area contributed by atoms with Crippen molar-refractivity contribution in [2.45, 2.75) is 0 Å². The van der Waals surface area contributed by atoms with Crippen LogP contribution in [0.2, 0.25) is 0 Å². The molecule has 0 saturated heterocycles. The van der Waals surface area contributed by atoms with Crippen LogP contribution in [0.5, 0.6) is 0 Å². The van der Waals surface area contributed by atoms with Gasteiger partial charge in [0.05, 0.1) is 0 Å². The second-order valence-electron chi connectivity index (χ2n) is 3.84. The van der Waals surface area contributed by atoms with E-state index in [4.69, 9.17) is 0 Å². The van der Waals surface area contributed by atoms with Crippen LogP contribution in [0.15, 0.2) is 40.9 Å². The van der Waals surface area contributed by atoms with Crippen molar-refractivity contribution in [3.05, 3.63) is 46.4 Å². The van der Waals surface area contributed by atoms with Gasteiger partial charge in [0.2, 0.25) is 0 Å². The van der Waals surface area contributed by atoms with E-state index in [0.717, 1.165) is 20.8 Å². The van der Waals surface area contributed by atoms with Crippen LogP contribution in [0, 0.1) is 0 Å². The van der Waals surface area contributed by atoms with Gasteiger partial charge >= 0.3 is 0 Å². The van der Waals surface area contributed by atoms with Gasteiger partial charge in [-0.3, -0.25) is 4.79 Å². The van der Waals surface area contributed by atoms with E-state index in [1.54, 1.807) is 19.0 Å². The number of rotatable bonds is 1. The Balaban J connectivity index is 2.75. The summed E-state index contributed by atoms with van der Waals surface area (Å²) in [7, 11) is 3.52. The van der Waals surface area contributed by atoms with Crippen molar-refractivity contribution >= 4 is 32.6 Å². The van der Waals surface area contributed by atoms with Gasteiger partial charge in [-0.05, 0) is 17.5 Å². The number of carbonyl (C=O) groups is 1. The molecule has 0 saturated carbocycles. The molecule has 0 unspecified atom stereocenters. The fourth-order valence-electron chi connectivity index (χ4n) is 1.71. The summed E-state index contributed by atoms with van der Waals surface area (Å²) >= 11 is 3.49. The molecule has 3 heteroatoms. The highest BCUT2D eigenvalue weighted by molar-refractivity contribution is 9.10. The molecular formula is C13H12BrNO. The van der Waals surface area contributed by atoms with Crippen molar-refractivity contribution in [1.82, 2.24) is 4.90 Å². The molecule has 0 bridgehead atoms. The molecule has 0 fully saturated rings. The minimum absolute atomic E-state index is 0.0255. The van der Waals surface area contributed by atoms with Gasteiger partial charge < -0.3 is 4.90 Å². The molecule has 2 aromatic carbocycles. The third-order valence-electron chi connectivity index (χ3n) is 2.49. The predicted molar refractivity (Wildman–Crippen MR) is 69.7 cm³/mol. The molecule has 0 aliphatic heterocycles. The van der Waals surface area contributed by atoms with Crippen molar-refractivity contribution in [3.63, 3.8) is 0 Å². The largest absolute Gasteiger partial charge is 0.345 e. The van der Waals surface area contributed by atoms with Gasteiger partial charge in [0.1, 0.15) is 0 Å². The van der Waals surface area contributed by atoms with E-state index in [1.165, 1.54) is 0 Å². The first kappa shape index (κ1) is 11.1. The van der Waals surface area contributed by atoms with Crippen molar-refractivity contribution in [2.24, 2.45) is 0 Å². The number of amides is 1. The highest BCUT2D eigenvalue weighted by Crippen LogP contribution is 2.27. The first-order chi connectivity index (χ1) is 7.61. The predicted octanol–water partition coefficient (Wildman–Crippen LogP) is 3.30. The van der Waals surface area contributed by atoms with Crippen LogP contribution in [0.25, 0.3) is 10.8 Å². The van der Waals surface area contributed by atoms with E-state index in [2.05, 4.69) is 15.9 Å². The van der Waals surface area contributed by atoms with Gasteiger partial charge in [-0.15, -0.1) is 0 Å². The van der Waals surface area contributed by atoms with E-state index in [0.29, 0.717) is 0 Å². The third kappa shape index (κ3) is 1.83. The summed E-state index contributed by atoms with van der Waals surface area (Å²) in [5.41, 5.74) is 0.731. The fourth-order valence-corrected chi connectivity index (χ4v) is 2.31. The van der Waals surface area contributed by atoms with Gasteiger partial charge in [0.15, 0.2) is 0 Å². The van der Waals surface area contributed by atoms with Gasteiger partial charge in [-0.2, -0.15) is 0 Å². The monoisotopic (exact) mass is 277 g/mol. The number of halogens is 1. The number of benzene rings is 2. The Kier molecular flexibility index (Phi) is 2.97. The molecule has 0 atom stereocenters. The lowest BCUT2D eigenvalue weighted by atomic mass is 10.0. The first-order valence-electron chi connectivity index (χ1n) is 5.00. The Bertz CT molecular complexity index is 543. The summed E-state index contributed by atoms with van der Waals surface area (Å²) in [6, 6.07) is 11.7. The maximum Gasteiger partial charge on any atom is 0.254 e. The number of fused-ring (bicyclic) bond motifs is 1. The second kappa shape index (κ2) is 4.26. The zero-order chi connectivity index (χ0) is 11.7. The molecule has 82 valence electrons. The van der Waals surface area contributed by atoms with Crippen LogP contribution >= 0.6 is 15.9 Å². The lowest BCUT2D eigenvalue weighted by Crippen LogP contribution is -2.21. The maximum absolute atomic E-state index is 12.0. The lowest BCUT2D eigenvalue weighted by Gasteiger charge is -2.13. The molecule has 2 rings (SSSR count). The van der Waals surface area contributed by atoms with Crippen molar-refractivity contribution in [1.29, 1.82) is 0 Å². The molecule has 2 nitrogen and oxygen atoms in total. The Morgan fingerprint density at radius 3 is 2.38 bits per heavy atom. The topological polar surface area (TPSA) is 20.3 Å². The van der Waals surface area contributed by atoms with E-state index in [-0.39, 0.29) is 5.91 Å². The second-order valence-corrected chi connectivity index (χ2v) is 4.70. The van der Waals surface area contributed by atoms with E-state index < -0.39 is 0 Å². The van der Waals surface area contributed by atoms with E-state index in [9.17, 15) is 4.79 Å². The molecule has 0 aliphatic carbocycles. The molecule has 0 N–H and O–H groups in total. The minimum Gasteiger partial charge on any atom is -0.345 e. The van der Waals surface area contributed by atoms with Crippen LogP contribution in [-0.2, 0) is 0 Å².